The number of hydrogen-bond donors (Lipinski definition) is 0. The van der Waals surface area contributed by atoms with Crippen molar-refractivity contribution >= 4 is 16.7 Å². The molecule has 0 spiro atoms. The van der Waals surface area contributed by atoms with Crippen molar-refractivity contribution in [3.63, 3.8) is 0 Å². The molecular formula is C24H26INO. The molecule has 3 aromatic rings. The molecule has 27 heavy (non-hydrogen) atoms. The van der Waals surface area contributed by atoms with E-state index >= 15 is 0 Å². The molecule has 0 aliphatic carbocycles. The Kier molecular flexibility index (Phi) is 5.35. The summed E-state index contributed by atoms with van der Waals surface area (Å²) in [6, 6.07) is 19.8. The van der Waals surface area contributed by atoms with Crippen LogP contribution in [-0.4, -0.2) is 29.7 Å². The van der Waals surface area contributed by atoms with Gasteiger partial charge in [-0.3, -0.25) is 0 Å². The van der Waals surface area contributed by atoms with E-state index in [4.69, 9.17) is 4.74 Å². The molecule has 0 unspecified atom stereocenters. The molecule has 140 valence electrons. The minimum atomic E-state index is 0. The summed E-state index contributed by atoms with van der Waals surface area (Å²) in [6.45, 7) is 9.47. The average Bonchev–Trinajstić information content (AvgIpc) is 2.86. The van der Waals surface area contributed by atoms with Gasteiger partial charge in [0, 0.05) is 19.4 Å². The maximum absolute atomic E-state index is 6.18. The summed E-state index contributed by atoms with van der Waals surface area (Å²) in [5.74, 6) is 0.968. The second-order valence-corrected chi connectivity index (χ2v) is 8.05. The average molecular weight is 471 g/mol. The normalized spacial score (nSPS) is 15.6. The van der Waals surface area contributed by atoms with Gasteiger partial charge in [0.1, 0.15) is 7.05 Å². The van der Waals surface area contributed by atoms with Gasteiger partial charge in [0.25, 0.3) is 0 Å². The van der Waals surface area contributed by atoms with Gasteiger partial charge in [0.15, 0.2) is 12.1 Å². The zero-order chi connectivity index (χ0) is 18.5. The van der Waals surface area contributed by atoms with E-state index in [-0.39, 0.29) is 29.5 Å². The molecule has 0 N–H and O–H groups in total. The summed E-state index contributed by atoms with van der Waals surface area (Å²) in [7, 11) is 2.13. The van der Waals surface area contributed by atoms with Crippen LogP contribution in [-0.2, 0) is 4.74 Å². The third-order valence-electron chi connectivity index (χ3n) is 5.44. The van der Waals surface area contributed by atoms with Crippen molar-refractivity contribution in [1.82, 2.24) is 0 Å². The van der Waals surface area contributed by atoms with Crippen LogP contribution in [0.25, 0.3) is 21.9 Å². The number of halogens is 1. The monoisotopic (exact) mass is 471 g/mol. The van der Waals surface area contributed by atoms with Crippen LogP contribution in [0, 0.1) is 13.8 Å². The van der Waals surface area contributed by atoms with Crippen molar-refractivity contribution in [3.8, 4) is 11.1 Å². The fraction of sp³-hybridized carbons (Fsp3) is 0.292. The Hall–Kier alpha value is -1.88. The lowest BCUT2D eigenvalue weighted by Gasteiger charge is -2.14. The van der Waals surface area contributed by atoms with Gasteiger partial charge in [-0.2, -0.15) is 4.58 Å². The number of nitrogens with zero attached hydrogens (tertiary/aromatic N) is 1. The summed E-state index contributed by atoms with van der Waals surface area (Å²) in [6.07, 6.45) is 0. The van der Waals surface area contributed by atoms with Crippen LogP contribution in [0.3, 0.4) is 0 Å². The van der Waals surface area contributed by atoms with E-state index in [1.807, 2.05) is 0 Å². The molecule has 0 fully saturated rings. The maximum atomic E-state index is 6.18. The summed E-state index contributed by atoms with van der Waals surface area (Å²) >= 11 is 0. The second-order valence-electron chi connectivity index (χ2n) is 8.05. The third-order valence-corrected chi connectivity index (χ3v) is 5.44. The van der Waals surface area contributed by atoms with Gasteiger partial charge in [-0.1, -0.05) is 59.7 Å². The quantitative estimate of drug-likeness (QED) is 0.413. The molecule has 0 bridgehead atoms. The van der Waals surface area contributed by atoms with E-state index in [9.17, 15) is 0 Å². The molecule has 1 heterocycles. The van der Waals surface area contributed by atoms with Gasteiger partial charge in [-0.25, -0.2) is 0 Å². The number of rotatable bonds is 2. The third kappa shape index (κ3) is 3.49. The first-order valence-corrected chi connectivity index (χ1v) is 9.21. The van der Waals surface area contributed by atoms with Crippen molar-refractivity contribution in [2.75, 3.05) is 13.7 Å². The van der Waals surface area contributed by atoms with Crippen LogP contribution >= 0.6 is 0 Å². The van der Waals surface area contributed by atoms with Crippen molar-refractivity contribution in [1.29, 1.82) is 0 Å². The van der Waals surface area contributed by atoms with E-state index in [2.05, 4.69) is 93.9 Å². The molecule has 0 amide bonds. The second kappa shape index (κ2) is 7.27. The number of hydrogen-bond acceptors (Lipinski definition) is 1. The van der Waals surface area contributed by atoms with Gasteiger partial charge >= 0.3 is 5.90 Å². The number of likely N-dealkylation sites (N-methyl/N-ethyl adjacent to an activating group) is 1. The molecule has 3 aromatic carbocycles. The van der Waals surface area contributed by atoms with E-state index in [0.717, 1.165) is 5.90 Å². The molecule has 3 heteroatoms. The summed E-state index contributed by atoms with van der Waals surface area (Å²) in [5, 5.41) is 2.52. The SMILES string of the molecule is Cc1cc(C)cc(-c2c(C3=[N+](C)C(C)(C)CO3)ccc3ccccc23)c1.[I-]. The first-order chi connectivity index (χ1) is 12.4. The highest BCUT2D eigenvalue weighted by atomic mass is 127. The van der Waals surface area contributed by atoms with Gasteiger partial charge in [-0.15, -0.1) is 0 Å². The van der Waals surface area contributed by atoms with Crippen LogP contribution in [0.4, 0.5) is 0 Å². The lowest BCUT2D eigenvalue weighted by atomic mass is 9.91. The highest BCUT2D eigenvalue weighted by molar-refractivity contribution is 6.08. The Morgan fingerprint density at radius 1 is 0.926 bits per heavy atom. The standard InChI is InChI=1S/C24H26NO.HI/c1-16-12-17(2)14-19(13-16)22-20-9-7-6-8-18(20)10-11-21(22)23-25(5)24(3,4)15-26-23;/h6-14H,15H2,1-5H3;1H/q+1;/p-1. The fourth-order valence-corrected chi connectivity index (χ4v) is 3.85. The first-order valence-electron chi connectivity index (χ1n) is 9.21. The van der Waals surface area contributed by atoms with Gasteiger partial charge < -0.3 is 28.7 Å². The van der Waals surface area contributed by atoms with Crippen LogP contribution in [0.5, 0.6) is 0 Å². The lowest BCUT2D eigenvalue weighted by molar-refractivity contribution is -0.562. The van der Waals surface area contributed by atoms with Crippen molar-refractivity contribution in [2.24, 2.45) is 0 Å². The number of fused-ring (bicyclic) bond motifs is 1. The molecule has 4 rings (SSSR count). The van der Waals surface area contributed by atoms with E-state index < -0.39 is 0 Å². The van der Waals surface area contributed by atoms with Gasteiger partial charge in [0.05, 0.1) is 5.56 Å². The largest absolute Gasteiger partial charge is 1.00 e. The predicted octanol–water partition coefficient (Wildman–Crippen LogP) is 2.33. The lowest BCUT2D eigenvalue weighted by Crippen LogP contribution is -3.00. The summed E-state index contributed by atoms with van der Waals surface area (Å²) < 4.78 is 8.45. The van der Waals surface area contributed by atoms with Crippen molar-refractivity contribution < 1.29 is 33.3 Å². The minimum Gasteiger partial charge on any atom is -1.00 e. The maximum Gasteiger partial charge on any atom is 0.371 e. The van der Waals surface area contributed by atoms with Crippen molar-refractivity contribution in [3.05, 3.63) is 71.3 Å². The first kappa shape index (κ1) is 19.9. The molecule has 0 atom stereocenters. The van der Waals surface area contributed by atoms with E-state index in [0.29, 0.717) is 6.61 Å². The molecule has 0 saturated heterocycles. The minimum absolute atomic E-state index is 0. The zero-order valence-corrected chi connectivity index (χ0v) is 18.8. The molecule has 1 aliphatic rings. The number of ether oxygens (including phenoxy) is 1. The van der Waals surface area contributed by atoms with Gasteiger partial charge in [0.2, 0.25) is 0 Å². The highest BCUT2D eigenvalue weighted by Gasteiger charge is 2.41. The Bertz CT molecular complexity index is 1030. The van der Waals surface area contributed by atoms with Crippen LogP contribution < -0.4 is 24.0 Å². The van der Waals surface area contributed by atoms with E-state index in [1.54, 1.807) is 0 Å². The summed E-state index contributed by atoms with van der Waals surface area (Å²) in [5.41, 5.74) is 6.25. The number of benzene rings is 3. The van der Waals surface area contributed by atoms with Crippen LogP contribution in [0.15, 0.2) is 54.6 Å². The Morgan fingerprint density at radius 3 is 2.22 bits per heavy atom. The van der Waals surface area contributed by atoms with Crippen LogP contribution in [0.1, 0.15) is 30.5 Å². The summed E-state index contributed by atoms with van der Waals surface area (Å²) in [4.78, 5) is 0. The van der Waals surface area contributed by atoms with Gasteiger partial charge in [-0.05, 0) is 36.2 Å². The molecule has 0 saturated carbocycles. The Morgan fingerprint density at radius 2 is 1.59 bits per heavy atom. The van der Waals surface area contributed by atoms with E-state index in [1.165, 1.54) is 38.6 Å². The predicted molar refractivity (Wildman–Crippen MR) is 109 cm³/mol. The molecule has 0 radical (unpaired) electrons. The zero-order valence-electron chi connectivity index (χ0n) is 16.6. The smallest absolute Gasteiger partial charge is 0.371 e. The molecule has 2 nitrogen and oxygen atoms in total. The highest BCUT2D eigenvalue weighted by Crippen LogP contribution is 2.35. The fourth-order valence-electron chi connectivity index (χ4n) is 3.85. The molecular weight excluding hydrogens is 445 g/mol. The topological polar surface area (TPSA) is 12.2 Å². The molecule has 0 aromatic heterocycles. The van der Waals surface area contributed by atoms with Crippen molar-refractivity contribution in [2.45, 2.75) is 33.2 Å². The Balaban J connectivity index is 0.00000210. The molecule has 1 aliphatic heterocycles. The Labute approximate surface area is 178 Å². The number of aryl methyl sites for hydroxylation is 2. The van der Waals surface area contributed by atoms with Crippen LogP contribution in [0.2, 0.25) is 0 Å².